The van der Waals surface area contributed by atoms with Gasteiger partial charge in [0, 0.05) is 17.7 Å². The number of rotatable bonds is 4. The van der Waals surface area contributed by atoms with Gasteiger partial charge in [-0.05, 0) is 50.9 Å². The largest absolute Gasteiger partial charge is 0.353 e. The van der Waals surface area contributed by atoms with Crippen LogP contribution >= 0.6 is 11.8 Å². The van der Waals surface area contributed by atoms with Gasteiger partial charge >= 0.3 is 0 Å². The molecule has 0 radical (unpaired) electrons. The molecule has 2 N–H and O–H groups in total. The van der Waals surface area contributed by atoms with Crippen LogP contribution in [-0.4, -0.2) is 36.5 Å². The second kappa shape index (κ2) is 5.92. The Balaban J connectivity index is 1.63. The van der Waals surface area contributed by atoms with Crippen molar-refractivity contribution in [1.29, 1.82) is 0 Å². The average molecular weight is 242 g/mol. The Kier molecular flexibility index (Phi) is 4.53. The van der Waals surface area contributed by atoms with Crippen molar-refractivity contribution in [2.75, 3.05) is 19.3 Å². The van der Waals surface area contributed by atoms with Crippen molar-refractivity contribution in [2.45, 2.75) is 43.4 Å². The van der Waals surface area contributed by atoms with Crippen molar-refractivity contribution in [1.82, 2.24) is 10.6 Å². The first-order valence-electron chi connectivity index (χ1n) is 6.31. The van der Waals surface area contributed by atoms with E-state index in [2.05, 4.69) is 16.9 Å². The van der Waals surface area contributed by atoms with E-state index in [4.69, 9.17) is 0 Å². The summed E-state index contributed by atoms with van der Waals surface area (Å²) < 4.78 is 0. The molecule has 3 nitrogen and oxygen atoms in total. The summed E-state index contributed by atoms with van der Waals surface area (Å²) in [5.74, 6) is 0.849. The summed E-state index contributed by atoms with van der Waals surface area (Å²) in [4.78, 5) is 11.7. The van der Waals surface area contributed by atoms with Crippen molar-refractivity contribution in [2.24, 2.45) is 5.92 Å². The third kappa shape index (κ3) is 3.39. The third-order valence-electron chi connectivity index (χ3n) is 3.71. The van der Waals surface area contributed by atoms with E-state index < -0.39 is 0 Å². The van der Waals surface area contributed by atoms with Crippen LogP contribution in [0, 0.1) is 5.92 Å². The standard InChI is InChI=1S/C12H22N2OS/c1-16-11-4-2-10(3-5-11)14-12(15)6-9-7-13-8-9/h9-11,13H,2-8H2,1H3,(H,14,15). The van der Waals surface area contributed by atoms with Crippen LogP contribution in [0.15, 0.2) is 0 Å². The van der Waals surface area contributed by atoms with Gasteiger partial charge in [-0.1, -0.05) is 0 Å². The zero-order valence-electron chi connectivity index (χ0n) is 10.00. The van der Waals surface area contributed by atoms with Crippen LogP contribution in [0.3, 0.4) is 0 Å². The summed E-state index contributed by atoms with van der Waals surface area (Å²) in [6.45, 7) is 2.04. The fourth-order valence-electron chi connectivity index (χ4n) is 2.48. The predicted octanol–water partition coefficient (Wildman–Crippen LogP) is 1.39. The maximum absolute atomic E-state index is 11.7. The van der Waals surface area contributed by atoms with Gasteiger partial charge in [0.25, 0.3) is 0 Å². The molecule has 0 aromatic carbocycles. The SMILES string of the molecule is CSC1CCC(NC(=O)CC2CNC2)CC1. The number of nitrogens with one attached hydrogen (secondary N) is 2. The second-order valence-corrected chi connectivity index (χ2v) is 6.14. The minimum absolute atomic E-state index is 0.263. The Labute approximate surface area is 102 Å². The molecule has 1 aliphatic heterocycles. The highest BCUT2D eigenvalue weighted by Gasteiger charge is 2.24. The lowest BCUT2D eigenvalue weighted by molar-refractivity contribution is -0.123. The van der Waals surface area contributed by atoms with Gasteiger partial charge in [-0.2, -0.15) is 11.8 Å². The number of thioether (sulfide) groups is 1. The molecule has 1 saturated heterocycles. The Morgan fingerprint density at radius 1 is 1.31 bits per heavy atom. The molecule has 2 aliphatic rings. The summed E-state index contributed by atoms with van der Waals surface area (Å²) in [5.41, 5.74) is 0. The van der Waals surface area contributed by atoms with E-state index in [0.717, 1.165) is 24.8 Å². The lowest BCUT2D eigenvalue weighted by Crippen LogP contribution is -2.46. The lowest BCUT2D eigenvalue weighted by Gasteiger charge is -2.30. The molecule has 2 fully saturated rings. The number of carbonyl (C=O) groups is 1. The molecule has 2 rings (SSSR count). The first-order valence-corrected chi connectivity index (χ1v) is 7.59. The second-order valence-electron chi connectivity index (χ2n) is 5.01. The Bertz CT molecular complexity index is 235. The fourth-order valence-corrected chi connectivity index (χ4v) is 3.23. The highest BCUT2D eigenvalue weighted by molar-refractivity contribution is 7.99. The number of carbonyl (C=O) groups excluding carboxylic acids is 1. The first kappa shape index (κ1) is 12.2. The topological polar surface area (TPSA) is 41.1 Å². The van der Waals surface area contributed by atoms with Gasteiger partial charge in [0.1, 0.15) is 0 Å². The minimum atomic E-state index is 0.263. The summed E-state index contributed by atoms with van der Waals surface area (Å²) >= 11 is 1.97. The molecule has 92 valence electrons. The lowest BCUT2D eigenvalue weighted by atomic mass is 9.94. The average Bonchev–Trinajstić information content (AvgIpc) is 2.25. The van der Waals surface area contributed by atoms with Crippen LogP contribution in [-0.2, 0) is 4.79 Å². The molecule has 0 bridgehead atoms. The first-order chi connectivity index (χ1) is 7.78. The van der Waals surface area contributed by atoms with Crippen LogP contribution in [0.4, 0.5) is 0 Å². The molecule has 1 heterocycles. The molecule has 16 heavy (non-hydrogen) atoms. The Morgan fingerprint density at radius 2 is 2.00 bits per heavy atom. The van der Waals surface area contributed by atoms with Crippen molar-refractivity contribution < 1.29 is 4.79 Å². The van der Waals surface area contributed by atoms with Crippen molar-refractivity contribution >= 4 is 17.7 Å². The molecule has 0 spiro atoms. The van der Waals surface area contributed by atoms with Crippen LogP contribution in [0.2, 0.25) is 0 Å². The fraction of sp³-hybridized carbons (Fsp3) is 0.917. The molecule has 1 aliphatic carbocycles. The van der Waals surface area contributed by atoms with Gasteiger partial charge in [-0.25, -0.2) is 0 Å². The van der Waals surface area contributed by atoms with Gasteiger partial charge in [0.15, 0.2) is 0 Å². The summed E-state index contributed by atoms with van der Waals surface area (Å²) in [5, 5.41) is 7.21. The van der Waals surface area contributed by atoms with E-state index in [-0.39, 0.29) is 5.91 Å². The van der Waals surface area contributed by atoms with E-state index in [1.165, 1.54) is 25.7 Å². The molecule has 0 aromatic heterocycles. The van der Waals surface area contributed by atoms with E-state index in [1.807, 2.05) is 11.8 Å². The van der Waals surface area contributed by atoms with Gasteiger partial charge < -0.3 is 10.6 Å². The molecule has 0 aromatic rings. The molecular formula is C12H22N2OS. The summed E-state index contributed by atoms with van der Waals surface area (Å²) in [7, 11) is 0. The van der Waals surface area contributed by atoms with E-state index >= 15 is 0 Å². The summed E-state index contributed by atoms with van der Waals surface area (Å²) in [6, 6.07) is 0.448. The van der Waals surface area contributed by atoms with Crippen molar-refractivity contribution in [3.05, 3.63) is 0 Å². The predicted molar refractivity (Wildman–Crippen MR) is 68.7 cm³/mol. The van der Waals surface area contributed by atoms with Crippen LogP contribution < -0.4 is 10.6 Å². The van der Waals surface area contributed by atoms with Crippen molar-refractivity contribution in [3.8, 4) is 0 Å². The van der Waals surface area contributed by atoms with E-state index in [9.17, 15) is 4.79 Å². The summed E-state index contributed by atoms with van der Waals surface area (Å²) in [6.07, 6.45) is 7.76. The van der Waals surface area contributed by atoms with Crippen molar-refractivity contribution in [3.63, 3.8) is 0 Å². The molecule has 0 unspecified atom stereocenters. The Morgan fingerprint density at radius 3 is 2.50 bits per heavy atom. The molecule has 0 atom stereocenters. The van der Waals surface area contributed by atoms with Gasteiger partial charge in [-0.15, -0.1) is 0 Å². The van der Waals surface area contributed by atoms with Crippen LogP contribution in [0.25, 0.3) is 0 Å². The Hall–Kier alpha value is -0.220. The smallest absolute Gasteiger partial charge is 0.220 e. The van der Waals surface area contributed by atoms with Gasteiger partial charge in [0.05, 0.1) is 0 Å². The zero-order valence-corrected chi connectivity index (χ0v) is 10.8. The highest BCUT2D eigenvalue weighted by atomic mass is 32.2. The molecule has 1 saturated carbocycles. The monoisotopic (exact) mass is 242 g/mol. The molecular weight excluding hydrogens is 220 g/mol. The number of amides is 1. The van der Waals surface area contributed by atoms with E-state index in [0.29, 0.717) is 12.0 Å². The highest BCUT2D eigenvalue weighted by Crippen LogP contribution is 2.26. The maximum Gasteiger partial charge on any atom is 0.220 e. The quantitative estimate of drug-likeness (QED) is 0.783. The molecule has 1 amide bonds. The minimum Gasteiger partial charge on any atom is -0.353 e. The van der Waals surface area contributed by atoms with Crippen LogP contribution in [0.5, 0.6) is 0 Å². The van der Waals surface area contributed by atoms with Gasteiger partial charge in [-0.3, -0.25) is 4.79 Å². The third-order valence-corrected chi connectivity index (χ3v) is 4.85. The number of hydrogen-bond acceptors (Lipinski definition) is 3. The number of hydrogen-bond donors (Lipinski definition) is 2. The van der Waals surface area contributed by atoms with E-state index in [1.54, 1.807) is 0 Å². The maximum atomic E-state index is 11.7. The van der Waals surface area contributed by atoms with Crippen LogP contribution in [0.1, 0.15) is 32.1 Å². The normalized spacial score (nSPS) is 30.8. The zero-order chi connectivity index (χ0) is 11.4. The molecule has 4 heteroatoms. The van der Waals surface area contributed by atoms with Gasteiger partial charge in [0.2, 0.25) is 5.91 Å².